The van der Waals surface area contributed by atoms with E-state index in [2.05, 4.69) is 15.3 Å². The van der Waals surface area contributed by atoms with Gasteiger partial charge in [-0.05, 0) is 26.8 Å². The van der Waals surface area contributed by atoms with Crippen LogP contribution >= 0.6 is 0 Å². The first-order valence-electron chi connectivity index (χ1n) is 6.35. The van der Waals surface area contributed by atoms with E-state index in [1.807, 2.05) is 0 Å². The summed E-state index contributed by atoms with van der Waals surface area (Å²) in [6.07, 6.45) is 0.639. The fourth-order valence-corrected chi connectivity index (χ4v) is 1.90. The summed E-state index contributed by atoms with van der Waals surface area (Å²) in [5.74, 6) is 0.247. The number of carbonyl (C=O) groups is 1. The molecule has 0 saturated carbocycles. The predicted octanol–water partition coefficient (Wildman–Crippen LogP) is -0.00490. The van der Waals surface area contributed by atoms with Gasteiger partial charge in [-0.2, -0.15) is 0 Å². The number of amides is 1. The van der Waals surface area contributed by atoms with Gasteiger partial charge in [0.1, 0.15) is 23.4 Å². The summed E-state index contributed by atoms with van der Waals surface area (Å²) >= 11 is 0. The van der Waals surface area contributed by atoms with Crippen molar-refractivity contribution in [2.24, 2.45) is 7.05 Å². The van der Waals surface area contributed by atoms with Crippen molar-refractivity contribution >= 4 is 35.7 Å². The van der Waals surface area contributed by atoms with Crippen molar-refractivity contribution in [3.05, 3.63) is 12.4 Å². The molecule has 0 saturated heterocycles. The van der Waals surface area contributed by atoms with Crippen LogP contribution in [0.1, 0.15) is 20.8 Å². The van der Waals surface area contributed by atoms with Crippen LogP contribution in [-0.2, 0) is 11.8 Å². The Morgan fingerprint density at radius 3 is 2.62 bits per heavy atom. The Bertz CT molecular complexity index is 678. The van der Waals surface area contributed by atoms with Gasteiger partial charge in [0.05, 0.1) is 11.0 Å². The summed E-state index contributed by atoms with van der Waals surface area (Å²) in [4.78, 5) is 19.9. The Morgan fingerprint density at radius 1 is 1.38 bits per heavy atom. The van der Waals surface area contributed by atoms with E-state index in [-0.39, 0.29) is 11.4 Å². The van der Waals surface area contributed by atoms with Crippen molar-refractivity contribution in [2.45, 2.75) is 26.4 Å². The van der Waals surface area contributed by atoms with Gasteiger partial charge in [-0.25, -0.2) is 14.8 Å². The molecule has 0 radical (unpaired) electrons. The van der Waals surface area contributed by atoms with Gasteiger partial charge in [0, 0.05) is 7.05 Å². The molecule has 2 aromatic rings. The number of aromatic nitrogens is 3. The van der Waals surface area contributed by atoms with Crippen LogP contribution in [-0.4, -0.2) is 43.4 Å². The van der Waals surface area contributed by atoms with Crippen molar-refractivity contribution < 1.29 is 19.6 Å². The average Bonchev–Trinajstić information content (AvgIpc) is 2.66. The molecule has 2 heterocycles. The molecule has 1 amide bonds. The van der Waals surface area contributed by atoms with Crippen molar-refractivity contribution in [1.82, 2.24) is 14.5 Å². The van der Waals surface area contributed by atoms with Crippen molar-refractivity contribution in [3.8, 4) is 0 Å². The number of ether oxygens (including phenoxy) is 1. The van der Waals surface area contributed by atoms with Crippen LogP contribution in [0, 0.1) is 0 Å². The minimum Gasteiger partial charge on any atom is -0.444 e. The average molecular weight is 292 g/mol. The molecule has 0 aliphatic rings. The number of hydrogen-bond acceptors (Lipinski definition) is 6. The number of rotatable bonds is 2. The summed E-state index contributed by atoms with van der Waals surface area (Å²) in [6.45, 7) is 5.26. The number of hydrogen-bond donors (Lipinski definition) is 3. The maximum absolute atomic E-state index is 11.8. The van der Waals surface area contributed by atoms with Gasteiger partial charge in [-0.15, -0.1) is 0 Å². The highest BCUT2D eigenvalue weighted by Gasteiger charge is 2.22. The molecule has 3 N–H and O–H groups in total. The molecule has 112 valence electrons. The van der Waals surface area contributed by atoms with Crippen LogP contribution in [0.15, 0.2) is 12.4 Å². The molecule has 0 spiro atoms. The molecule has 21 heavy (non-hydrogen) atoms. The van der Waals surface area contributed by atoms with Gasteiger partial charge in [-0.1, -0.05) is 0 Å². The van der Waals surface area contributed by atoms with Crippen molar-refractivity contribution in [1.29, 1.82) is 0 Å². The van der Waals surface area contributed by atoms with Gasteiger partial charge in [0.25, 0.3) is 0 Å². The highest BCUT2D eigenvalue weighted by Crippen LogP contribution is 2.19. The fraction of sp³-hybridized carbons (Fsp3) is 0.417. The zero-order valence-corrected chi connectivity index (χ0v) is 12.3. The lowest BCUT2D eigenvalue weighted by Gasteiger charge is -2.19. The summed E-state index contributed by atoms with van der Waals surface area (Å²) < 4.78 is 6.67. The molecular weight excluding hydrogens is 275 g/mol. The van der Waals surface area contributed by atoms with Gasteiger partial charge >= 0.3 is 13.2 Å². The molecule has 9 heteroatoms. The second-order valence-corrected chi connectivity index (χ2v) is 5.59. The summed E-state index contributed by atoms with van der Waals surface area (Å²) in [5, 5.41) is 21.6. The maximum atomic E-state index is 11.8. The smallest absolute Gasteiger partial charge is 0.444 e. The van der Waals surface area contributed by atoms with Crippen LogP contribution in [0.25, 0.3) is 11.0 Å². The van der Waals surface area contributed by atoms with Gasteiger partial charge < -0.3 is 19.4 Å². The SMILES string of the molecule is Cn1c(B(O)O)cc2c(NC(=O)OC(C)(C)C)ncnc21. The zero-order valence-electron chi connectivity index (χ0n) is 12.3. The minimum absolute atomic E-state index is 0.247. The van der Waals surface area contributed by atoms with Crippen LogP contribution < -0.4 is 10.9 Å². The first-order chi connectivity index (χ1) is 9.69. The van der Waals surface area contributed by atoms with E-state index in [9.17, 15) is 14.8 Å². The first-order valence-corrected chi connectivity index (χ1v) is 6.35. The maximum Gasteiger partial charge on any atom is 0.506 e. The number of nitrogens with zero attached hydrogens (tertiary/aromatic N) is 3. The Hall–Kier alpha value is -2.13. The molecule has 0 fully saturated rings. The molecular formula is C12H17BN4O4. The largest absolute Gasteiger partial charge is 0.506 e. The Balaban J connectivity index is 2.37. The standard InChI is InChI=1S/C12H17BN4O4/c1-12(2,3)21-11(18)16-9-7-5-8(13(19)20)17(4)10(7)15-6-14-9/h5-6,19-20H,1-4H3,(H,14,15,16,18). The molecule has 0 bridgehead atoms. The van der Waals surface area contributed by atoms with E-state index >= 15 is 0 Å². The molecule has 8 nitrogen and oxygen atoms in total. The van der Waals surface area contributed by atoms with Crippen molar-refractivity contribution in [3.63, 3.8) is 0 Å². The molecule has 0 atom stereocenters. The highest BCUT2D eigenvalue weighted by atomic mass is 16.6. The van der Waals surface area contributed by atoms with Crippen LogP contribution in [0.2, 0.25) is 0 Å². The van der Waals surface area contributed by atoms with E-state index < -0.39 is 18.8 Å². The summed E-state index contributed by atoms with van der Waals surface area (Å²) in [5.41, 5.74) is 0.0937. The topological polar surface area (TPSA) is 110 Å². The second-order valence-electron chi connectivity index (χ2n) is 5.59. The van der Waals surface area contributed by atoms with Gasteiger partial charge in [-0.3, -0.25) is 5.32 Å². The highest BCUT2D eigenvalue weighted by molar-refractivity contribution is 6.58. The van der Waals surface area contributed by atoms with E-state index in [1.54, 1.807) is 27.8 Å². The lowest BCUT2D eigenvalue weighted by molar-refractivity contribution is 0.0635. The minimum atomic E-state index is -1.64. The number of aryl methyl sites for hydroxylation is 1. The predicted molar refractivity (Wildman–Crippen MR) is 78.2 cm³/mol. The molecule has 0 aliphatic heterocycles. The van der Waals surface area contributed by atoms with Crippen LogP contribution in [0.5, 0.6) is 0 Å². The Morgan fingerprint density at radius 2 is 2.05 bits per heavy atom. The molecule has 2 aromatic heterocycles. The molecule has 2 rings (SSSR count). The fourth-order valence-electron chi connectivity index (χ4n) is 1.90. The Labute approximate surface area is 121 Å². The van der Waals surface area contributed by atoms with Gasteiger partial charge in [0.15, 0.2) is 0 Å². The molecule has 0 aliphatic carbocycles. The summed E-state index contributed by atoms with van der Waals surface area (Å²) in [7, 11) is 0.0000334. The third kappa shape index (κ3) is 3.31. The summed E-state index contributed by atoms with van der Waals surface area (Å²) in [6, 6.07) is 1.51. The number of fused-ring (bicyclic) bond motifs is 1. The lowest BCUT2D eigenvalue weighted by Crippen LogP contribution is -2.34. The van der Waals surface area contributed by atoms with Crippen molar-refractivity contribution in [2.75, 3.05) is 5.32 Å². The quantitative estimate of drug-likeness (QED) is 0.672. The van der Waals surface area contributed by atoms with Gasteiger partial charge in [0.2, 0.25) is 0 Å². The lowest BCUT2D eigenvalue weighted by atomic mass is 9.86. The third-order valence-corrected chi connectivity index (χ3v) is 2.74. The zero-order chi connectivity index (χ0) is 15.8. The number of carbonyl (C=O) groups excluding carboxylic acids is 1. The second kappa shape index (κ2) is 5.34. The van der Waals surface area contributed by atoms with E-state index in [1.165, 1.54) is 17.0 Å². The molecule has 0 aromatic carbocycles. The first kappa shape index (κ1) is 15.3. The normalized spacial score (nSPS) is 11.5. The Kier molecular flexibility index (Phi) is 3.88. The third-order valence-electron chi connectivity index (χ3n) is 2.74. The number of anilines is 1. The van der Waals surface area contributed by atoms with E-state index in [0.717, 1.165) is 0 Å². The van der Waals surface area contributed by atoms with Crippen LogP contribution in [0.4, 0.5) is 10.6 Å². The van der Waals surface area contributed by atoms with Crippen LogP contribution in [0.3, 0.4) is 0 Å². The number of nitrogens with one attached hydrogen (secondary N) is 1. The van der Waals surface area contributed by atoms with E-state index in [0.29, 0.717) is 11.0 Å². The van der Waals surface area contributed by atoms with E-state index in [4.69, 9.17) is 4.74 Å². The molecule has 0 unspecified atom stereocenters. The monoisotopic (exact) mass is 292 g/mol.